The summed E-state index contributed by atoms with van der Waals surface area (Å²) in [7, 11) is 0. The topological polar surface area (TPSA) is 88.3 Å². The van der Waals surface area contributed by atoms with Gasteiger partial charge in [0.25, 0.3) is 5.91 Å². The lowest BCUT2D eigenvalue weighted by Crippen LogP contribution is -2.49. The average molecular weight is 290 g/mol. The Morgan fingerprint density at radius 1 is 1.50 bits per heavy atom. The van der Waals surface area contributed by atoms with Crippen LogP contribution in [0.3, 0.4) is 0 Å². The molecule has 0 radical (unpaired) electrons. The van der Waals surface area contributed by atoms with E-state index in [0.717, 1.165) is 15.9 Å². The number of nitrogens with one attached hydrogen (secondary N) is 1. The summed E-state index contributed by atoms with van der Waals surface area (Å²) in [6.07, 6.45) is 0. The van der Waals surface area contributed by atoms with Gasteiger partial charge in [-0.25, -0.2) is 4.98 Å². The van der Waals surface area contributed by atoms with E-state index in [2.05, 4.69) is 10.3 Å². The monoisotopic (exact) mass is 290 g/mol. The summed E-state index contributed by atoms with van der Waals surface area (Å²) < 4.78 is 0. The molecule has 1 aliphatic heterocycles. The quantitative estimate of drug-likeness (QED) is 0.811. The number of thiophene rings is 1. The minimum atomic E-state index is -0.196. The van der Waals surface area contributed by atoms with Crippen LogP contribution in [0.5, 0.6) is 0 Å². The molecule has 1 aliphatic rings. The lowest BCUT2D eigenvalue weighted by Gasteiger charge is -2.26. The molecule has 2 amide bonds. The molecular formula is C13H14N4O2S. The van der Waals surface area contributed by atoms with Crippen molar-refractivity contribution in [3.05, 3.63) is 22.7 Å². The Balaban J connectivity index is 1.99. The van der Waals surface area contributed by atoms with Crippen LogP contribution in [0.25, 0.3) is 10.2 Å². The molecular weight excluding hydrogens is 276 g/mol. The number of pyridine rings is 1. The number of anilines is 1. The van der Waals surface area contributed by atoms with Crippen LogP contribution in [-0.2, 0) is 4.79 Å². The third kappa shape index (κ3) is 2.09. The van der Waals surface area contributed by atoms with Gasteiger partial charge in [0.1, 0.15) is 9.71 Å². The van der Waals surface area contributed by atoms with Gasteiger partial charge in [-0.15, -0.1) is 11.3 Å². The van der Waals surface area contributed by atoms with Crippen LogP contribution in [0.15, 0.2) is 12.1 Å². The molecule has 3 heterocycles. The Morgan fingerprint density at radius 2 is 2.30 bits per heavy atom. The largest absolute Gasteiger partial charge is 0.397 e. The number of nitrogen functional groups attached to an aromatic ring is 1. The number of nitrogens with two attached hydrogens (primary N) is 1. The van der Waals surface area contributed by atoms with Gasteiger partial charge in [0.2, 0.25) is 5.91 Å². The third-order valence-electron chi connectivity index (χ3n) is 3.25. The summed E-state index contributed by atoms with van der Waals surface area (Å²) in [5.74, 6) is -0.337. The molecule has 0 bridgehead atoms. The molecule has 0 atom stereocenters. The van der Waals surface area contributed by atoms with Gasteiger partial charge in [-0.2, -0.15) is 0 Å². The van der Waals surface area contributed by atoms with Crippen molar-refractivity contribution >= 4 is 39.1 Å². The molecule has 0 saturated carbocycles. The van der Waals surface area contributed by atoms with Crippen LogP contribution in [0.4, 0.5) is 5.69 Å². The van der Waals surface area contributed by atoms with Crippen molar-refractivity contribution in [2.24, 2.45) is 0 Å². The summed E-state index contributed by atoms with van der Waals surface area (Å²) in [6, 6.07) is 3.75. The molecule has 0 aromatic carbocycles. The highest BCUT2D eigenvalue weighted by atomic mass is 32.1. The van der Waals surface area contributed by atoms with E-state index in [1.807, 2.05) is 19.1 Å². The number of carbonyl (C=O) groups excluding carboxylic acids is 2. The lowest BCUT2D eigenvalue weighted by atomic mass is 10.2. The molecule has 20 heavy (non-hydrogen) atoms. The number of rotatable bonds is 1. The van der Waals surface area contributed by atoms with Crippen LogP contribution in [0.1, 0.15) is 15.4 Å². The number of aromatic nitrogens is 1. The zero-order valence-corrected chi connectivity index (χ0v) is 11.8. The zero-order valence-electron chi connectivity index (χ0n) is 11.0. The zero-order chi connectivity index (χ0) is 14.3. The first-order chi connectivity index (χ1) is 9.56. The van der Waals surface area contributed by atoms with Crippen molar-refractivity contribution in [1.82, 2.24) is 15.2 Å². The van der Waals surface area contributed by atoms with E-state index < -0.39 is 0 Å². The molecule has 1 saturated heterocycles. The Hall–Kier alpha value is -2.15. The highest BCUT2D eigenvalue weighted by molar-refractivity contribution is 7.21. The summed E-state index contributed by atoms with van der Waals surface area (Å²) in [6.45, 7) is 2.96. The average Bonchev–Trinajstić information content (AvgIpc) is 2.74. The normalized spacial score (nSPS) is 15.4. The molecule has 2 aromatic heterocycles. The first kappa shape index (κ1) is 12.9. The smallest absolute Gasteiger partial charge is 0.266 e. The van der Waals surface area contributed by atoms with E-state index in [-0.39, 0.29) is 18.4 Å². The van der Waals surface area contributed by atoms with Crippen molar-refractivity contribution in [3.8, 4) is 0 Å². The van der Waals surface area contributed by atoms with E-state index in [1.165, 1.54) is 16.2 Å². The predicted molar refractivity (Wildman–Crippen MR) is 77.7 cm³/mol. The van der Waals surface area contributed by atoms with E-state index in [0.29, 0.717) is 23.7 Å². The van der Waals surface area contributed by atoms with Crippen molar-refractivity contribution in [1.29, 1.82) is 0 Å². The molecule has 3 N–H and O–H groups in total. The molecule has 3 rings (SSSR count). The number of fused-ring (bicyclic) bond motifs is 1. The second-order valence-corrected chi connectivity index (χ2v) is 5.73. The minimum Gasteiger partial charge on any atom is -0.397 e. The van der Waals surface area contributed by atoms with E-state index in [9.17, 15) is 9.59 Å². The fourth-order valence-corrected chi connectivity index (χ4v) is 3.31. The fourth-order valence-electron chi connectivity index (χ4n) is 2.20. The Labute approximate surface area is 119 Å². The van der Waals surface area contributed by atoms with Crippen molar-refractivity contribution in [2.45, 2.75) is 6.92 Å². The summed E-state index contributed by atoms with van der Waals surface area (Å²) in [5, 5.41) is 3.49. The number of piperazine rings is 1. The molecule has 1 fully saturated rings. The maximum atomic E-state index is 12.5. The van der Waals surface area contributed by atoms with Crippen LogP contribution in [0, 0.1) is 6.92 Å². The fraction of sp³-hybridized carbons (Fsp3) is 0.308. The number of hydrogen-bond acceptors (Lipinski definition) is 5. The van der Waals surface area contributed by atoms with Crippen LogP contribution in [-0.4, -0.2) is 41.3 Å². The van der Waals surface area contributed by atoms with Crippen LogP contribution in [0.2, 0.25) is 0 Å². The van der Waals surface area contributed by atoms with E-state index in [4.69, 9.17) is 5.73 Å². The van der Waals surface area contributed by atoms with Crippen LogP contribution >= 0.6 is 11.3 Å². The van der Waals surface area contributed by atoms with Gasteiger partial charge in [-0.3, -0.25) is 9.59 Å². The first-order valence-corrected chi connectivity index (χ1v) is 7.09. The van der Waals surface area contributed by atoms with Crippen molar-refractivity contribution in [3.63, 3.8) is 0 Å². The Morgan fingerprint density at radius 3 is 3.05 bits per heavy atom. The SMILES string of the molecule is Cc1ccc2c(N)c(C(=O)N3CCNC(=O)C3)sc2n1. The number of aryl methyl sites for hydroxylation is 1. The Kier molecular flexibility index (Phi) is 3.06. The maximum absolute atomic E-state index is 12.5. The second kappa shape index (κ2) is 4.75. The molecule has 0 aliphatic carbocycles. The van der Waals surface area contributed by atoms with E-state index in [1.54, 1.807) is 0 Å². The van der Waals surface area contributed by atoms with Gasteiger partial charge in [0.15, 0.2) is 0 Å². The van der Waals surface area contributed by atoms with Crippen molar-refractivity contribution < 1.29 is 9.59 Å². The Bertz CT molecular complexity index is 710. The summed E-state index contributed by atoms with van der Waals surface area (Å²) >= 11 is 1.28. The van der Waals surface area contributed by atoms with Crippen molar-refractivity contribution in [2.75, 3.05) is 25.4 Å². The predicted octanol–water partition coefficient (Wildman–Crippen LogP) is 0.759. The van der Waals surface area contributed by atoms with Gasteiger partial charge in [-0.05, 0) is 19.1 Å². The number of hydrogen-bond donors (Lipinski definition) is 2. The van der Waals surface area contributed by atoms with Gasteiger partial charge < -0.3 is 16.0 Å². The highest BCUT2D eigenvalue weighted by Gasteiger charge is 2.26. The number of nitrogens with zero attached hydrogens (tertiary/aromatic N) is 2. The second-order valence-electron chi connectivity index (χ2n) is 4.73. The standard InChI is InChI=1S/C13H14N4O2S/c1-7-2-3-8-10(14)11(20-12(8)16-7)13(19)17-5-4-15-9(18)6-17/h2-3H,4-6,14H2,1H3,(H,15,18). The lowest BCUT2D eigenvalue weighted by molar-refractivity contribution is -0.123. The molecule has 0 unspecified atom stereocenters. The molecule has 6 nitrogen and oxygen atoms in total. The number of carbonyl (C=O) groups is 2. The molecule has 7 heteroatoms. The minimum absolute atomic E-state index is 0.0823. The first-order valence-electron chi connectivity index (χ1n) is 6.28. The van der Waals surface area contributed by atoms with Gasteiger partial charge >= 0.3 is 0 Å². The molecule has 2 aromatic rings. The van der Waals surface area contributed by atoms with Gasteiger partial charge in [0.05, 0.1) is 12.2 Å². The van der Waals surface area contributed by atoms with Gasteiger partial charge in [-0.1, -0.05) is 0 Å². The van der Waals surface area contributed by atoms with E-state index >= 15 is 0 Å². The maximum Gasteiger partial charge on any atom is 0.266 e. The molecule has 0 spiro atoms. The highest BCUT2D eigenvalue weighted by Crippen LogP contribution is 2.33. The van der Waals surface area contributed by atoms with Crippen LogP contribution < -0.4 is 11.1 Å². The number of amides is 2. The van der Waals surface area contributed by atoms with Gasteiger partial charge in [0, 0.05) is 24.2 Å². The third-order valence-corrected chi connectivity index (χ3v) is 4.36. The summed E-state index contributed by atoms with van der Waals surface area (Å²) in [5.41, 5.74) is 7.39. The molecule has 104 valence electrons. The summed E-state index contributed by atoms with van der Waals surface area (Å²) in [4.78, 5) is 31.0.